The molecule has 1 heterocycles. The van der Waals surface area contributed by atoms with Gasteiger partial charge >= 0.3 is 0 Å². The topological polar surface area (TPSA) is 49.4 Å². The third-order valence-corrected chi connectivity index (χ3v) is 5.87. The number of rotatable bonds is 5. The minimum atomic E-state index is -3.06. The maximum atomic E-state index is 11.9. The highest BCUT2D eigenvalue weighted by Gasteiger charge is 2.36. The summed E-state index contributed by atoms with van der Waals surface area (Å²) in [5.41, 5.74) is 1.19. The summed E-state index contributed by atoms with van der Waals surface area (Å²) >= 11 is 0. The number of sulfonamides is 1. The highest BCUT2D eigenvalue weighted by molar-refractivity contribution is 7.90. The monoisotopic (exact) mass is 280 g/mol. The summed E-state index contributed by atoms with van der Waals surface area (Å²) in [5.74, 6) is 0. The molecular weight excluding hydrogens is 260 g/mol. The number of nitrogens with one attached hydrogen (secondary N) is 1. The van der Waals surface area contributed by atoms with Crippen molar-refractivity contribution >= 4 is 15.7 Å². The van der Waals surface area contributed by atoms with Gasteiger partial charge in [-0.3, -0.25) is 0 Å². The molecule has 0 amide bonds. The highest BCUT2D eigenvalue weighted by Crippen LogP contribution is 2.28. The van der Waals surface area contributed by atoms with E-state index in [1.165, 1.54) is 5.69 Å². The van der Waals surface area contributed by atoms with Crippen LogP contribution >= 0.6 is 0 Å². The Morgan fingerprint density at radius 3 is 2.58 bits per heavy atom. The number of anilines is 1. The Labute approximate surface area is 114 Å². The van der Waals surface area contributed by atoms with E-state index >= 15 is 0 Å². The van der Waals surface area contributed by atoms with Crippen LogP contribution in [-0.2, 0) is 10.0 Å². The zero-order valence-corrected chi connectivity index (χ0v) is 11.8. The van der Waals surface area contributed by atoms with E-state index in [2.05, 4.69) is 21.8 Å². The Hall–Kier alpha value is -1.07. The van der Waals surface area contributed by atoms with Crippen LogP contribution in [0.1, 0.15) is 25.7 Å². The Morgan fingerprint density at radius 1 is 1.16 bits per heavy atom. The first kappa shape index (κ1) is 12.9. The highest BCUT2D eigenvalue weighted by atomic mass is 32.2. The Bertz CT molecular complexity index is 526. The predicted molar refractivity (Wildman–Crippen MR) is 76.8 cm³/mol. The third kappa shape index (κ3) is 2.92. The molecule has 5 heteroatoms. The lowest BCUT2D eigenvalue weighted by molar-refractivity contribution is 0.566. The molecule has 1 saturated carbocycles. The zero-order valence-electron chi connectivity index (χ0n) is 11.0. The Kier molecular flexibility index (Phi) is 3.50. The molecule has 1 aliphatic carbocycles. The quantitative estimate of drug-likeness (QED) is 0.894. The number of hydrogen-bond acceptors (Lipinski definition) is 3. The molecule has 1 atom stereocenters. The van der Waals surface area contributed by atoms with Gasteiger partial charge < -0.3 is 4.90 Å². The first-order valence-electron chi connectivity index (χ1n) is 6.97. The van der Waals surface area contributed by atoms with Crippen LogP contribution in [0.5, 0.6) is 0 Å². The van der Waals surface area contributed by atoms with E-state index in [-0.39, 0.29) is 11.3 Å². The summed E-state index contributed by atoms with van der Waals surface area (Å²) in [6.45, 7) is 1.55. The third-order valence-electron chi connectivity index (χ3n) is 3.95. The molecule has 2 fully saturated rings. The van der Waals surface area contributed by atoms with Crippen molar-refractivity contribution in [2.24, 2.45) is 0 Å². The molecule has 0 aromatic heterocycles. The maximum Gasteiger partial charge on any atom is 0.214 e. The first-order chi connectivity index (χ1) is 9.17. The average molecular weight is 280 g/mol. The van der Waals surface area contributed by atoms with Gasteiger partial charge in [-0.05, 0) is 37.8 Å². The van der Waals surface area contributed by atoms with Crippen molar-refractivity contribution in [3.63, 3.8) is 0 Å². The van der Waals surface area contributed by atoms with E-state index in [9.17, 15) is 8.42 Å². The van der Waals surface area contributed by atoms with Crippen LogP contribution in [0.2, 0.25) is 0 Å². The van der Waals surface area contributed by atoms with Crippen LogP contribution in [0.4, 0.5) is 5.69 Å². The molecule has 1 N–H and O–H groups in total. The summed E-state index contributed by atoms with van der Waals surface area (Å²) in [6.07, 6.45) is 3.83. The molecule has 1 unspecified atom stereocenters. The normalized spacial score (nSPS) is 23.8. The maximum absolute atomic E-state index is 11.9. The van der Waals surface area contributed by atoms with Crippen molar-refractivity contribution in [3.05, 3.63) is 30.3 Å². The average Bonchev–Trinajstić information content (AvgIpc) is 3.18. The fourth-order valence-electron chi connectivity index (χ4n) is 2.72. The van der Waals surface area contributed by atoms with Gasteiger partial charge in [-0.1, -0.05) is 18.2 Å². The van der Waals surface area contributed by atoms with Crippen LogP contribution < -0.4 is 9.62 Å². The largest absolute Gasteiger partial charge is 0.367 e. The van der Waals surface area contributed by atoms with Gasteiger partial charge in [0.2, 0.25) is 10.0 Å². The summed E-state index contributed by atoms with van der Waals surface area (Å²) < 4.78 is 26.5. The van der Waals surface area contributed by atoms with Crippen LogP contribution in [0, 0.1) is 0 Å². The summed E-state index contributed by atoms with van der Waals surface area (Å²) in [4.78, 5) is 2.31. The molecular formula is C14H20N2O2S. The second kappa shape index (κ2) is 5.13. The molecule has 1 saturated heterocycles. The number of nitrogens with zero attached hydrogens (tertiary/aromatic N) is 1. The fourth-order valence-corrected chi connectivity index (χ4v) is 4.13. The van der Waals surface area contributed by atoms with Gasteiger partial charge in [-0.15, -0.1) is 0 Å². The van der Waals surface area contributed by atoms with Crippen LogP contribution in [0.3, 0.4) is 0 Å². The van der Waals surface area contributed by atoms with Crippen molar-refractivity contribution in [2.45, 2.75) is 37.0 Å². The van der Waals surface area contributed by atoms with Crippen molar-refractivity contribution in [1.82, 2.24) is 4.72 Å². The van der Waals surface area contributed by atoms with E-state index in [0.29, 0.717) is 6.54 Å². The molecule has 4 nitrogen and oxygen atoms in total. The summed E-state index contributed by atoms with van der Waals surface area (Å²) in [6, 6.07) is 10.5. The lowest BCUT2D eigenvalue weighted by atomic mass is 10.2. The van der Waals surface area contributed by atoms with Crippen LogP contribution in [0.15, 0.2) is 30.3 Å². The molecule has 0 spiro atoms. The molecule has 3 rings (SSSR count). The molecule has 104 valence electrons. The Morgan fingerprint density at radius 2 is 1.89 bits per heavy atom. The molecule has 19 heavy (non-hydrogen) atoms. The molecule has 2 aliphatic rings. The molecule has 1 aliphatic heterocycles. The molecule has 1 aromatic rings. The minimum Gasteiger partial charge on any atom is -0.367 e. The van der Waals surface area contributed by atoms with Gasteiger partial charge in [0.1, 0.15) is 0 Å². The van der Waals surface area contributed by atoms with Gasteiger partial charge in [-0.2, -0.15) is 0 Å². The van der Waals surface area contributed by atoms with Crippen LogP contribution in [-0.4, -0.2) is 32.8 Å². The number of benzene rings is 1. The van der Waals surface area contributed by atoms with Crippen molar-refractivity contribution in [2.75, 3.05) is 18.0 Å². The smallest absolute Gasteiger partial charge is 0.214 e. The van der Waals surface area contributed by atoms with Gasteiger partial charge in [0, 0.05) is 24.8 Å². The van der Waals surface area contributed by atoms with E-state index in [1.807, 2.05) is 18.2 Å². The van der Waals surface area contributed by atoms with Crippen LogP contribution in [0.25, 0.3) is 0 Å². The minimum absolute atomic E-state index is 0.126. The van der Waals surface area contributed by atoms with Gasteiger partial charge in [0.15, 0.2) is 0 Å². The standard InChI is InChI=1S/C14H20N2O2S/c17-19(18,14-8-9-14)15-11-13-7-4-10-16(13)12-5-2-1-3-6-12/h1-3,5-6,13-15H,4,7-11H2. The van der Waals surface area contributed by atoms with E-state index in [4.69, 9.17) is 0 Å². The van der Waals surface area contributed by atoms with E-state index in [1.54, 1.807) is 0 Å². The first-order valence-corrected chi connectivity index (χ1v) is 8.51. The van der Waals surface area contributed by atoms with Crippen molar-refractivity contribution in [3.8, 4) is 0 Å². The molecule has 0 bridgehead atoms. The van der Waals surface area contributed by atoms with E-state index < -0.39 is 10.0 Å². The second-order valence-electron chi connectivity index (χ2n) is 5.42. The van der Waals surface area contributed by atoms with Crippen molar-refractivity contribution < 1.29 is 8.42 Å². The number of hydrogen-bond donors (Lipinski definition) is 1. The summed E-state index contributed by atoms with van der Waals surface area (Å²) in [7, 11) is -3.06. The SMILES string of the molecule is O=S(=O)(NCC1CCCN1c1ccccc1)C1CC1. The second-order valence-corrected chi connectivity index (χ2v) is 7.46. The van der Waals surface area contributed by atoms with Crippen molar-refractivity contribution in [1.29, 1.82) is 0 Å². The van der Waals surface area contributed by atoms with Gasteiger partial charge in [0.25, 0.3) is 0 Å². The molecule has 1 aromatic carbocycles. The van der Waals surface area contributed by atoms with E-state index in [0.717, 1.165) is 32.2 Å². The fraction of sp³-hybridized carbons (Fsp3) is 0.571. The number of para-hydroxylation sites is 1. The Balaban J connectivity index is 1.64. The predicted octanol–water partition coefficient (Wildman–Crippen LogP) is 1.74. The lowest BCUT2D eigenvalue weighted by Crippen LogP contribution is -2.41. The molecule has 0 radical (unpaired) electrons. The van der Waals surface area contributed by atoms with Gasteiger partial charge in [-0.25, -0.2) is 13.1 Å². The van der Waals surface area contributed by atoms with Gasteiger partial charge in [0.05, 0.1) is 5.25 Å². The lowest BCUT2D eigenvalue weighted by Gasteiger charge is -2.27. The summed E-state index contributed by atoms with van der Waals surface area (Å²) in [5, 5.41) is -0.126. The zero-order chi connectivity index (χ0) is 13.3.